The second-order valence-corrected chi connectivity index (χ2v) is 11.0. The maximum Gasteiger partial charge on any atom is 0.410 e. The van der Waals surface area contributed by atoms with Crippen molar-refractivity contribution in [2.75, 3.05) is 26.8 Å². The molecule has 3 unspecified atom stereocenters. The number of carbonyl (C=O) groups excluding carboxylic acids is 1. The molecule has 10 nitrogen and oxygen atoms in total. The number of aromatic nitrogens is 2. The van der Waals surface area contributed by atoms with Crippen molar-refractivity contribution >= 4 is 16.1 Å². The normalized spacial score (nSPS) is 32.9. The van der Waals surface area contributed by atoms with Crippen LogP contribution < -0.4 is 9.46 Å². The number of carbonyl (C=O) groups is 1. The van der Waals surface area contributed by atoms with Crippen LogP contribution in [-0.2, 0) is 24.9 Å². The summed E-state index contributed by atoms with van der Waals surface area (Å²) in [4.78, 5) is 22.3. The predicted octanol–water partition coefficient (Wildman–Crippen LogP) is 1.90. The lowest BCUT2D eigenvalue weighted by atomic mass is 9.86. The molecule has 2 heterocycles. The van der Waals surface area contributed by atoms with Gasteiger partial charge in [0.05, 0.1) is 39.2 Å². The summed E-state index contributed by atoms with van der Waals surface area (Å²) in [6, 6.07) is -3.15. The van der Waals surface area contributed by atoms with Crippen LogP contribution >= 0.6 is 0 Å². The molecule has 0 spiro atoms. The van der Waals surface area contributed by atoms with E-state index in [4.69, 9.17) is 14.2 Å². The molecule has 2 aliphatic carbocycles. The minimum absolute atomic E-state index is 0.0663. The lowest BCUT2D eigenvalue weighted by molar-refractivity contribution is -0.0103. The molecule has 2 saturated carbocycles. The Morgan fingerprint density at radius 1 is 1.35 bits per heavy atom. The molecule has 4 rings (SSSR count). The standard InChI is InChI=1S/C21H30F2N4O6S/c1-12-6-16(26-34(29,30)11-22)17(27(12)20(28)32-3)10-33-14-4-5-21(8-13(21)7-14)19-24-9-15(23)18(25-19)31-2/h9,12-14,16-17,26H,4-8,10-11H2,1-3H3/t12-,13?,14?,16+,17+,21?/m1/s1. The first-order valence-corrected chi connectivity index (χ1v) is 12.9. The lowest BCUT2D eigenvalue weighted by Crippen LogP contribution is -2.50. The Labute approximate surface area is 197 Å². The summed E-state index contributed by atoms with van der Waals surface area (Å²) in [5.74, 6) is 0.192. The minimum Gasteiger partial charge on any atom is -0.479 e. The number of hydrogen-bond acceptors (Lipinski definition) is 8. The Kier molecular flexibility index (Phi) is 6.98. The Hall–Kier alpha value is -2.12. The number of nitrogens with zero attached hydrogens (tertiary/aromatic N) is 3. The molecule has 190 valence electrons. The number of ether oxygens (including phenoxy) is 3. The van der Waals surface area contributed by atoms with Crippen molar-refractivity contribution in [2.45, 2.75) is 68.7 Å². The average Bonchev–Trinajstić information content (AvgIpc) is 3.47. The van der Waals surface area contributed by atoms with Gasteiger partial charge in [0, 0.05) is 17.5 Å². The van der Waals surface area contributed by atoms with Gasteiger partial charge in [-0.05, 0) is 44.9 Å². The van der Waals surface area contributed by atoms with Crippen LogP contribution in [-0.4, -0.2) is 80.4 Å². The van der Waals surface area contributed by atoms with Crippen molar-refractivity contribution in [1.82, 2.24) is 19.6 Å². The monoisotopic (exact) mass is 504 g/mol. The van der Waals surface area contributed by atoms with Crippen molar-refractivity contribution in [3.63, 3.8) is 0 Å². The zero-order valence-electron chi connectivity index (χ0n) is 19.4. The largest absolute Gasteiger partial charge is 0.479 e. The molecule has 1 aromatic rings. The van der Waals surface area contributed by atoms with Crippen molar-refractivity contribution in [1.29, 1.82) is 0 Å². The van der Waals surface area contributed by atoms with Gasteiger partial charge in [0.15, 0.2) is 0 Å². The number of sulfonamides is 1. The van der Waals surface area contributed by atoms with Crippen LogP contribution in [0.1, 0.15) is 44.9 Å². The van der Waals surface area contributed by atoms with Crippen molar-refractivity contribution in [2.24, 2.45) is 5.92 Å². The summed E-state index contributed by atoms with van der Waals surface area (Å²) in [6.07, 6.45) is 3.85. The van der Waals surface area contributed by atoms with Crippen LogP contribution in [0.15, 0.2) is 6.20 Å². The third-order valence-corrected chi connectivity index (χ3v) is 8.25. The summed E-state index contributed by atoms with van der Waals surface area (Å²) in [6.45, 7) is 1.87. The summed E-state index contributed by atoms with van der Waals surface area (Å²) < 4.78 is 68.7. The van der Waals surface area contributed by atoms with E-state index in [1.54, 1.807) is 6.92 Å². The molecule has 1 amide bonds. The van der Waals surface area contributed by atoms with Crippen LogP contribution in [0.5, 0.6) is 5.88 Å². The fourth-order valence-corrected chi connectivity index (χ4v) is 6.30. The third-order valence-electron chi connectivity index (χ3n) is 7.30. The molecule has 34 heavy (non-hydrogen) atoms. The molecule has 0 radical (unpaired) electrons. The van der Waals surface area contributed by atoms with E-state index in [2.05, 4.69) is 14.7 Å². The van der Waals surface area contributed by atoms with E-state index in [1.807, 2.05) is 0 Å². The van der Waals surface area contributed by atoms with Gasteiger partial charge in [-0.3, -0.25) is 4.90 Å². The number of alkyl halides is 1. The first-order chi connectivity index (χ1) is 16.1. The summed E-state index contributed by atoms with van der Waals surface area (Å²) in [5.41, 5.74) is -0.208. The number of nitrogens with one attached hydrogen (secondary N) is 1. The highest BCUT2D eigenvalue weighted by molar-refractivity contribution is 7.89. The molecular weight excluding hydrogens is 474 g/mol. The third kappa shape index (κ3) is 4.69. The summed E-state index contributed by atoms with van der Waals surface area (Å²) in [7, 11) is -1.49. The van der Waals surface area contributed by atoms with Gasteiger partial charge in [-0.25, -0.2) is 27.3 Å². The summed E-state index contributed by atoms with van der Waals surface area (Å²) in [5, 5.41) is 0. The molecular formula is C21H30F2N4O6S. The SMILES string of the molecule is COC(=O)N1[C@H](C)C[C@H](NS(=O)(=O)CF)[C@@H]1COC1CCC2(c3ncc(F)c(OC)n3)CC2C1. The van der Waals surface area contributed by atoms with Crippen LogP contribution in [0.4, 0.5) is 13.6 Å². The lowest BCUT2D eigenvalue weighted by Gasteiger charge is -2.32. The van der Waals surface area contributed by atoms with Gasteiger partial charge < -0.3 is 14.2 Å². The first-order valence-electron chi connectivity index (χ1n) is 11.2. The number of amides is 1. The number of fused-ring (bicyclic) bond motifs is 1. The zero-order chi connectivity index (χ0) is 24.7. The first kappa shape index (κ1) is 25.0. The molecule has 1 N–H and O–H groups in total. The Morgan fingerprint density at radius 2 is 2.12 bits per heavy atom. The van der Waals surface area contributed by atoms with Gasteiger partial charge in [-0.15, -0.1) is 0 Å². The molecule has 1 aromatic heterocycles. The van der Waals surface area contributed by atoms with Crippen molar-refractivity contribution < 1.29 is 36.2 Å². The highest BCUT2D eigenvalue weighted by atomic mass is 32.2. The van der Waals surface area contributed by atoms with Gasteiger partial charge in [-0.1, -0.05) is 0 Å². The van der Waals surface area contributed by atoms with Crippen LogP contribution in [0.3, 0.4) is 0 Å². The van der Waals surface area contributed by atoms with E-state index in [-0.39, 0.29) is 36.0 Å². The second kappa shape index (κ2) is 9.50. The van der Waals surface area contributed by atoms with Crippen LogP contribution in [0.25, 0.3) is 0 Å². The Bertz CT molecular complexity index is 1030. The number of hydrogen-bond donors (Lipinski definition) is 1. The molecule has 1 saturated heterocycles. The van der Waals surface area contributed by atoms with E-state index < -0.39 is 40.0 Å². The minimum atomic E-state index is -4.11. The fraction of sp³-hybridized carbons (Fsp3) is 0.762. The number of likely N-dealkylation sites (tertiary alicyclic amines) is 1. The molecule has 3 fully saturated rings. The number of halogens is 2. The molecule has 0 bridgehead atoms. The van der Waals surface area contributed by atoms with Crippen LogP contribution in [0.2, 0.25) is 0 Å². The summed E-state index contributed by atoms with van der Waals surface area (Å²) >= 11 is 0. The van der Waals surface area contributed by atoms with Gasteiger partial charge in [0.2, 0.25) is 21.8 Å². The predicted molar refractivity (Wildman–Crippen MR) is 116 cm³/mol. The van der Waals surface area contributed by atoms with Crippen LogP contribution in [0, 0.1) is 11.7 Å². The molecule has 3 aliphatic rings. The van der Waals surface area contributed by atoms with Gasteiger partial charge in [-0.2, -0.15) is 9.37 Å². The van der Waals surface area contributed by atoms with Gasteiger partial charge >= 0.3 is 6.09 Å². The topological polar surface area (TPSA) is 120 Å². The molecule has 0 aromatic carbocycles. The zero-order valence-corrected chi connectivity index (χ0v) is 20.2. The average molecular weight is 505 g/mol. The Balaban J connectivity index is 1.41. The van der Waals surface area contributed by atoms with Crippen molar-refractivity contribution in [3.05, 3.63) is 17.8 Å². The molecule has 1 aliphatic heterocycles. The van der Waals surface area contributed by atoms with E-state index >= 15 is 0 Å². The van der Waals surface area contributed by atoms with Gasteiger partial charge in [0.25, 0.3) is 5.88 Å². The van der Waals surface area contributed by atoms with Crippen molar-refractivity contribution in [3.8, 4) is 5.88 Å². The van der Waals surface area contributed by atoms with E-state index in [0.717, 1.165) is 25.5 Å². The molecule has 13 heteroatoms. The van der Waals surface area contributed by atoms with E-state index in [0.29, 0.717) is 18.7 Å². The fourth-order valence-electron chi connectivity index (χ4n) is 5.52. The van der Waals surface area contributed by atoms with E-state index in [1.165, 1.54) is 19.1 Å². The second-order valence-electron chi connectivity index (χ2n) is 9.32. The number of methoxy groups -OCH3 is 2. The highest BCUT2D eigenvalue weighted by Gasteiger charge is 2.60. The Morgan fingerprint density at radius 3 is 2.76 bits per heavy atom. The maximum absolute atomic E-state index is 13.7. The van der Waals surface area contributed by atoms with Gasteiger partial charge in [0.1, 0.15) is 5.82 Å². The maximum atomic E-state index is 13.7. The highest BCUT2D eigenvalue weighted by Crippen LogP contribution is 2.61. The quantitative estimate of drug-likeness (QED) is 0.570. The van der Waals surface area contributed by atoms with E-state index in [9.17, 15) is 22.0 Å². The number of rotatable bonds is 8. The smallest absolute Gasteiger partial charge is 0.410 e. The molecule has 6 atom stereocenters.